The van der Waals surface area contributed by atoms with Crippen molar-refractivity contribution in [3.05, 3.63) is 159 Å². The number of nitro groups is 1. The number of rotatable bonds is 22. The van der Waals surface area contributed by atoms with Crippen LogP contribution in [0.25, 0.3) is 22.2 Å². The van der Waals surface area contributed by atoms with Crippen LogP contribution in [-0.2, 0) is 35.7 Å². The molecule has 0 aliphatic carbocycles. The molecule has 1 unspecified atom stereocenters. The lowest BCUT2D eigenvalue weighted by molar-refractivity contribution is -0.384. The molecule has 1 atom stereocenters. The van der Waals surface area contributed by atoms with Crippen molar-refractivity contribution in [2.45, 2.75) is 56.0 Å². The second-order valence-electron chi connectivity index (χ2n) is 22.9. The summed E-state index contributed by atoms with van der Waals surface area (Å²) in [5.41, 5.74) is 4.61. The lowest BCUT2D eigenvalue weighted by Gasteiger charge is -2.39. The highest BCUT2D eigenvalue weighted by molar-refractivity contribution is 7.90. The summed E-state index contributed by atoms with van der Waals surface area (Å²) < 4.78 is 48.3. The van der Waals surface area contributed by atoms with Crippen LogP contribution in [-0.4, -0.2) is 152 Å². The number of piperazine rings is 1. The lowest BCUT2D eigenvalue weighted by atomic mass is 9.97. The number of imide groups is 2. The van der Waals surface area contributed by atoms with E-state index < -0.39 is 61.1 Å². The number of carbonyl (C=O) groups excluding carboxylic acids is 6. The fraction of sp³-hybridized carbons (Fsp3) is 0.328. The van der Waals surface area contributed by atoms with Crippen molar-refractivity contribution in [2.75, 3.05) is 87.7 Å². The monoisotopic (exact) mass is 1260 g/mol. The maximum atomic E-state index is 14.1. The Morgan fingerprint density at radius 3 is 2.38 bits per heavy atom. The van der Waals surface area contributed by atoms with Crippen LogP contribution in [0.3, 0.4) is 0 Å². The summed E-state index contributed by atoms with van der Waals surface area (Å²) in [5.74, 6) is -1.98. The van der Waals surface area contributed by atoms with Crippen LogP contribution in [0.15, 0.2) is 126 Å². The Hall–Kier alpha value is -9.43. The molecule has 26 heteroatoms. The number of aromatic amines is 1. The summed E-state index contributed by atoms with van der Waals surface area (Å²) in [7, 11) is -4.64. The number of pyridine rings is 1. The number of anilines is 3. The van der Waals surface area contributed by atoms with Gasteiger partial charge in [0.15, 0.2) is 0 Å². The number of hydrogen-bond donors (Lipinski definition) is 5. The SMILES string of the molecule is O=C1CCC(N2C(=O)c3cccc(NCCCC(=O)N4CC(COc5cccc(-c6ccc(Cl)cc6)c5CN5CCN(c6ccc(C(=O)NS(=O)(=O)c7ccc(NCC8CCOCC8)c([N+](=O)[O-])c7)c(Oc7cnc8[nH]ccc8c7)c6)CC5)C4)c3C2=O)C(=O)N1. The number of nitro benzene ring substituents is 1. The number of piperidine rings is 1. The Labute approximate surface area is 522 Å². The van der Waals surface area contributed by atoms with Gasteiger partial charge in [-0.1, -0.05) is 41.9 Å². The highest BCUT2D eigenvalue weighted by Gasteiger charge is 2.46. The number of nitrogens with one attached hydrogen (secondary N) is 5. The van der Waals surface area contributed by atoms with Crippen LogP contribution < -0.4 is 35.0 Å². The molecule has 12 rings (SSSR count). The Morgan fingerprint density at radius 1 is 0.822 bits per heavy atom. The molecule has 0 saturated carbocycles. The molecule has 90 heavy (non-hydrogen) atoms. The van der Waals surface area contributed by atoms with Gasteiger partial charge in [0, 0.05) is 137 Å². The summed E-state index contributed by atoms with van der Waals surface area (Å²) in [5, 5.41) is 22.1. The largest absolute Gasteiger partial charge is 0.493 e. The minimum Gasteiger partial charge on any atom is -0.493 e. The molecule has 0 spiro atoms. The van der Waals surface area contributed by atoms with Crippen LogP contribution in [0.4, 0.5) is 22.7 Å². The average molecular weight is 1260 g/mol. The number of benzene rings is 5. The number of ether oxygens (including phenoxy) is 3. The summed E-state index contributed by atoms with van der Waals surface area (Å²) in [6, 6.07) is 29.3. The van der Waals surface area contributed by atoms with E-state index in [0.717, 1.165) is 45.9 Å². The first-order valence-corrected chi connectivity index (χ1v) is 31.7. The van der Waals surface area contributed by atoms with E-state index in [1.54, 1.807) is 41.4 Å². The van der Waals surface area contributed by atoms with E-state index in [-0.39, 0.29) is 65.1 Å². The number of fused-ring (bicyclic) bond motifs is 2. The third-order valence-corrected chi connectivity index (χ3v) is 18.6. The van der Waals surface area contributed by atoms with Gasteiger partial charge in [0.25, 0.3) is 33.4 Å². The first-order chi connectivity index (χ1) is 43.5. The topological polar surface area (TPSA) is 297 Å². The van der Waals surface area contributed by atoms with E-state index in [4.69, 9.17) is 25.8 Å². The summed E-state index contributed by atoms with van der Waals surface area (Å²) in [6.07, 6.45) is 5.59. The number of aromatic nitrogens is 2. The zero-order valence-corrected chi connectivity index (χ0v) is 50.4. The Balaban J connectivity index is 0.677. The quantitative estimate of drug-likeness (QED) is 0.0186. The van der Waals surface area contributed by atoms with Crippen molar-refractivity contribution in [1.29, 1.82) is 0 Å². The van der Waals surface area contributed by atoms with Gasteiger partial charge in [0.05, 0.1) is 39.3 Å². The van der Waals surface area contributed by atoms with Gasteiger partial charge in [-0.2, -0.15) is 0 Å². The Kier molecular flexibility index (Phi) is 17.8. The third-order valence-electron chi connectivity index (χ3n) is 17.0. The van der Waals surface area contributed by atoms with Crippen molar-refractivity contribution in [3.8, 4) is 28.4 Å². The third kappa shape index (κ3) is 13.3. The van der Waals surface area contributed by atoms with Crippen molar-refractivity contribution in [3.63, 3.8) is 0 Å². The Morgan fingerprint density at radius 2 is 1.60 bits per heavy atom. The Bertz CT molecular complexity index is 4070. The molecule has 5 aliphatic heterocycles. The number of carbonyl (C=O) groups is 6. The van der Waals surface area contributed by atoms with E-state index in [2.05, 4.69) is 46.5 Å². The first-order valence-electron chi connectivity index (χ1n) is 29.8. The first kappa shape index (κ1) is 60.8. The maximum absolute atomic E-state index is 14.1. The maximum Gasteiger partial charge on any atom is 0.293 e. The number of sulfonamides is 1. The van der Waals surface area contributed by atoms with Gasteiger partial charge in [-0.15, -0.1) is 0 Å². The number of nitrogens with zero attached hydrogens (tertiary/aromatic N) is 6. The van der Waals surface area contributed by atoms with Crippen LogP contribution in [0, 0.1) is 22.0 Å². The predicted molar refractivity (Wildman–Crippen MR) is 333 cm³/mol. The highest BCUT2D eigenvalue weighted by atomic mass is 35.5. The number of halogens is 1. The smallest absolute Gasteiger partial charge is 0.293 e. The second kappa shape index (κ2) is 26.3. The van der Waals surface area contributed by atoms with Gasteiger partial charge in [0.1, 0.15) is 34.6 Å². The number of amides is 6. The zero-order valence-electron chi connectivity index (χ0n) is 48.8. The molecule has 5 aromatic carbocycles. The van der Waals surface area contributed by atoms with Crippen LogP contribution >= 0.6 is 11.6 Å². The minimum atomic E-state index is -4.64. The van der Waals surface area contributed by atoms with E-state index >= 15 is 0 Å². The van der Waals surface area contributed by atoms with Gasteiger partial charge >= 0.3 is 0 Å². The van der Waals surface area contributed by atoms with Gasteiger partial charge in [-0.3, -0.25) is 54.0 Å². The van der Waals surface area contributed by atoms with E-state index in [1.807, 2.05) is 42.5 Å². The van der Waals surface area contributed by atoms with Crippen LogP contribution in [0.5, 0.6) is 17.2 Å². The number of likely N-dealkylation sites (tertiary alicyclic amines) is 1. The molecule has 0 radical (unpaired) electrons. The number of hydrogen-bond acceptors (Lipinski definition) is 18. The molecule has 0 bridgehead atoms. The van der Waals surface area contributed by atoms with E-state index in [1.165, 1.54) is 30.5 Å². The molecule has 2 aromatic heterocycles. The normalized spacial score (nSPS) is 17.4. The number of H-pyrrole nitrogens is 1. The molecular weight excluding hydrogens is 1200 g/mol. The van der Waals surface area contributed by atoms with Gasteiger partial charge < -0.3 is 39.6 Å². The van der Waals surface area contributed by atoms with Gasteiger partial charge in [-0.25, -0.2) is 18.1 Å². The molecule has 7 heterocycles. The van der Waals surface area contributed by atoms with E-state index in [9.17, 15) is 47.3 Å². The predicted octanol–water partition coefficient (Wildman–Crippen LogP) is 7.99. The summed E-state index contributed by atoms with van der Waals surface area (Å²) in [6.45, 7) is 6.32. The molecule has 6 amide bonds. The fourth-order valence-electron chi connectivity index (χ4n) is 12.0. The van der Waals surface area contributed by atoms with Crippen molar-refractivity contribution in [1.82, 2.24) is 34.7 Å². The van der Waals surface area contributed by atoms with Crippen molar-refractivity contribution in [2.24, 2.45) is 11.8 Å². The fourth-order valence-corrected chi connectivity index (χ4v) is 13.1. The standard InChI is InChI=1S/C64H64ClN11O13S/c65-43-11-9-41(10-12-43)47-4-2-7-55(88-38-40-35-74(36-40)58(78)8-3-22-66-52-6-1-5-49-59(52)64(82)75(63(49)81)53-17-18-57(77)70-62(53)80)50(47)37-72-24-26-73(27-25-72)44-13-15-48(56(31-44)89-45-30-42-19-23-67-60(42)69-34-45)61(79)71-90(85,86)46-14-16-51(54(32-46)76(83)84)68-33-39-20-28-87-29-21-39/h1-2,4-7,9-16,19,23,30-32,34,39-40,53,66,68H,3,8,17-18,20-22,24-29,33,35-38H2,(H,67,69)(H,71,79)(H,70,77,80). The molecule has 4 fully saturated rings. The van der Waals surface area contributed by atoms with E-state index in [0.29, 0.717) is 119 Å². The van der Waals surface area contributed by atoms with Crippen LogP contribution in [0.2, 0.25) is 5.02 Å². The van der Waals surface area contributed by atoms with Crippen LogP contribution in [0.1, 0.15) is 75.2 Å². The molecular formula is C64H64ClN11O13S. The molecule has 7 aromatic rings. The lowest BCUT2D eigenvalue weighted by Crippen LogP contribution is -2.54. The van der Waals surface area contributed by atoms with Crippen molar-refractivity contribution < 1.29 is 56.3 Å². The average Bonchev–Trinajstić information content (AvgIpc) is 1.67. The molecule has 24 nitrogen and oxygen atoms in total. The molecule has 466 valence electrons. The molecule has 4 saturated heterocycles. The van der Waals surface area contributed by atoms with Crippen molar-refractivity contribution >= 4 is 90.9 Å². The highest BCUT2D eigenvalue weighted by Crippen LogP contribution is 2.38. The summed E-state index contributed by atoms with van der Waals surface area (Å²) >= 11 is 6.35. The second-order valence-corrected chi connectivity index (χ2v) is 25.0. The molecule has 5 aliphatic rings. The molecule has 5 N–H and O–H groups in total. The van der Waals surface area contributed by atoms with Gasteiger partial charge in [-0.05, 0) is 109 Å². The van der Waals surface area contributed by atoms with Gasteiger partial charge in [0.2, 0.25) is 17.7 Å². The zero-order chi connectivity index (χ0) is 62.6. The summed E-state index contributed by atoms with van der Waals surface area (Å²) in [4.78, 5) is 104. The minimum absolute atomic E-state index is 0.0160.